The fourth-order valence-electron chi connectivity index (χ4n) is 3.12. The Hall–Kier alpha value is -1.67. The van der Waals surface area contributed by atoms with Gasteiger partial charge >= 0.3 is 6.18 Å². The molecule has 0 spiro atoms. The lowest BCUT2D eigenvalue weighted by Gasteiger charge is -2.26. The van der Waals surface area contributed by atoms with Crippen LogP contribution in [0.1, 0.15) is 24.0 Å². The molecule has 0 radical (unpaired) electrons. The van der Waals surface area contributed by atoms with E-state index in [0.717, 1.165) is 31.0 Å². The Bertz CT molecular complexity index is 763. The molecule has 0 saturated carbocycles. The van der Waals surface area contributed by atoms with Gasteiger partial charge in [0.05, 0.1) is 11.4 Å². The summed E-state index contributed by atoms with van der Waals surface area (Å²) in [5.41, 5.74) is -0.730. The van der Waals surface area contributed by atoms with Crippen molar-refractivity contribution in [3.05, 3.63) is 40.4 Å². The van der Waals surface area contributed by atoms with Gasteiger partial charge in [-0.1, -0.05) is 11.6 Å². The van der Waals surface area contributed by atoms with Gasteiger partial charge in [-0.25, -0.2) is 0 Å². The van der Waals surface area contributed by atoms with E-state index in [4.69, 9.17) is 11.6 Å². The van der Waals surface area contributed by atoms with Crippen molar-refractivity contribution in [3.63, 3.8) is 0 Å². The first kappa shape index (κ1) is 20.1. The van der Waals surface area contributed by atoms with E-state index in [-0.39, 0.29) is 16.5 Å². The van der Waals surface area contributed by atoms with Gasteiger partial charge in [0, 0.05) is 29.9 Å². The van der Waals surface area contributed by atoms with Crippen molar-refractivity contribution in [1.82, 2.24) is 9.80 Å². The molecule has 27 heavy (non-hydrogen) atoms. The lowest BCUT2D eigenvalue weighted by molar-refractivity contribution is -0.140. The highest BCUT2D eigenvalue weighted by Gasteiger charge is 2.37. The smallest absolute Gasteiger partial charge is 0.341 e. The van der Waals surface area contributed by atoms with E-state index in [1.807, 2.05) is 0 Å². The Morgan fingerprint density at radius 3 is 2.59 bits per heavy atom. The van der Waals surface area contributed by atoms with Crippen LogP contribution in [0.2, 0.25) is 5.02 Å². The lowest BCUT2D eigenvalue weighted by Crippen LogP contribution is -2.47. The second-order valence-electron chi connectivity index (χ2n) is 6.42. The van der Waals surface area contributed by atoms with Gasteiger partial charge < -0.3 is 9.80 Å². The van der Waals surface area contributed by atoms with Crippen LogP contribution in [0.3, 0.4) is 0 Å². The molecule has 146 valence electrons. The number of nitrogens with zero attached hydrogens (tertiary/aromatic N) is 2. The molecule has 1 unspecified atom stereocenters. The zero-order valence-corrected chi connectivity index (χ0v) is 15.9. The molecule has 0 aliphatic carbocycles. The van der Waals surface area contributed by atoms with Crippen LogP contribution >= 0.6 is 23.4 Å². The average molecular weight is 419 g/mol. The topological polar surface area (TPSA) is 40.6 Å². The van der Waals surface area contributed by atoms with Crippen molar-refractivity contribution in [1.29, 1.82) is 0 Å². The number of halogens is 4. The lowest BCUT2D eigenvalue weighted by atomic mass is 10.1. The van der Waals surface area contributed by atoms with Crippen LogP contribution < -0.4 is 0 Å². The number of hydrogen-bond donors (Lipinski definition) is 0. The Labute approximate surface area is 164 Å². The Morgan fingerprint density at radius 1 is 1.22 bits per heavy atom. The van der Waals surface area contributed by atoms with E-state index < -0.39 is 23.7 Å². The summed E-state index contributed by atoms with van der Waals surface area (Å²) < 4.78 is 38.5. The van der Waals surface area contributed by atoms with Gasteiger partial charge in [0.15, 0.2) is 0 Å². The minimum Gasteiger partial charge on any atom is -0.341 e. The highest BCUT2D eigenvalue weighted by Crippen LogP contribution is 2.32. The second kappa shape index (κ2) is 8.14. The van der Waals surface area contributed by atoms with Gasteiger partial charge in [0.1, 0.15) is 6.04 Å². The van der Waals surface area contributed by atoms with Gasteiger partial charge in [-0.05, 0) is 42.7 Å². The molecule has 2 amide bonds. The van der Waals surface area contributed by atoms with Crippen molar-refractivity contribution in [2.24, 2.45) is 0 Å². The molecule has 2 fully saturated rings. The van der Waals surface area contributed by atoms with Crippen molar-refractivity contribution in [2.45, 2.75) is 25.1 Å². The summed E-state index contributed by atoms with van der Waals surface area (Å²) in [4.78, 5) is 28.4. The van der Waals surface area contributed by atoms with Crippen molar-refractivity contribution >= 4 is 41.3 Å². The molecule has 3 rings (SSSR count). The number of carbonyl (C=O) groups is 2. The molecule has 1 aromatic carbocycles. The standard InChI is InChI=1S/C18H18ClF3N2O2S/c19-14-5-4-13(18(20,21)22)9-12(14)3-6-16(25)24-11-27-10-15(24)17(26)23-7-1-2-8-23/h3-6,9,15H,1-2,7-8,10-11H2. The van der Waals surface area contributed by atoms with Crippen LogP contribution in [0, 0.1) is 0 Å². The molecule has 2 aliphatic heterocycles. The minimum atomic E-state index is -4.49. The maximum Gasteiger partial charge on any atom is 0.416 e. The van der Waals surface area contributed by atoms with Crippen molar-refractivity contribution < 1.29 is 22.8 Å². The summed E-state index contributed by atoms with van der Waals surface area (Å²) >= 11 is 7.43. The van der Waals surface area contributed by atoms with Gasteiger partial charge in [-0.2, -0.15) is 13.2 Å². The van der Waals surface area contributed by atoms with Crippen LogP contribution in [0.15, 0.2) is 24.3 Å². The van der Waals surface area contributed by atoms with Crippen molar-refractivity contribution in [2.75, 3.05) is 24.7 Å². The third kappa shape index (κ3) is 4.60. The van der Waals surface area contributed by atoms with Crippen molar-refractivity contribution in [3.8, 4) is 0 Å². The van der Waals surface area contributed by atoms with E-state index in [0.29, 0.717) is 24.7 Å². The summed E-state index contributed by atoms with van der Waals surface area (Å²) in [7, 11) is 0. The van der Waals surface area contributed by atoms with E-state index in [1.54, 1.807) is 4.90 Å². The first-order chi connectivity index (χ1) is 12.8. The molecular formula is C18H18ClF3N2O2S. The van der Waals surface area contributed by atoms with E-state index in [1.165, 1.54) is 28.8 Å². The number of alkyl halides is 3. The molecule has 1 aromatic rings. The van der Waals surface area contributed by atoms with Gasteiger partial charge in [-0.15, -0.1) is 11.8 Å². The second-order valence-corrected chi connectivity index (χ2v) is 7.83. The molecule has 2 aliphatic rings. The number of carbonyl (C=O) groups excluding carboxylic acids is 2. The van der Waals surface area contributed by atoms with Gasteiger partial charge in [0.25, 0.3) is 0 Å². The number of thioether (sulfide) groups is 1. The summed E-state index contributed by atoms with van der Waals surface area (Å²) in [6.07, 6.45) is -0.116. The number of rotatable bonds is 3. The normalized spacial score (nSPS) is 20.7. The van der Waals surface area contributed by atoms with Gasteiger partial charge in [-0.3, -0.25) is 9.59 Å². The molecule has 4 nitrogen and oxygen atoms in total. The molecule has 2 heterocycles. The Balaban J connectivity index is 1.73. The van der Waals surface area contributed by atoms with Crippen LogP contribution in [0.5, 0.6) is 0 Å². The third-order valence-corrected chi connectivity index (χ3v) is 5.95. The summed E-state index contributed by atoms with van der Waals surface area (Å²) in [5, 5.41) is 0.118. The maximum absolute atomic E-state index is 12.8. The van der Waals surface area contributed by atoms with E-state index in [2.05, 4.69) is 0 Å². The highest BCUT2D eigenvalue weighted by atomic mass is 35.5. The SMILES string of the molecule is O=C(C1CSCN1C(=O)C=Cc1cc(C(F)(F)F)ccc1Cl)N1CCCC1. The van der Waals surface area contributed by atoms with Crippen LogP contribution in [-0.4, -0.2) is 52.4 Å². The van der Waals surface area contributed by atoms with Crippen LogP contribution in [-0.2, 0) is 15.8 Å². The highest BCUT2D eigenvalue weighted by molar-refractivity contribution is 7.99. The number of hydrogen-bond acceptors (Lipinski definition) is 3. The zero-order chi connectivity index (χ0) is 19.6. The summed E-state index contributed by atoms with van der Waals surface area (Å²) in [5.74, 6) is 0.436. The number of amides is 2. The molecule has 0 aromatic heterocycles. The third-order valence-electron chi connectivity index (χ3n) is 4.60. The quantitative estimate of drug-likeness (QED) is 0.699. The number of benzene rings is 1. The summed E-state index contributed by atoms with van der Waals surface area (Å²) in [6.45, 7) is 1.41. The molecular weight excluding hydrogens is 401 g/mol. The summed E-state index contributed by atoms with van der Waals surface area (Å²) in [6, 6.07) is 2.42. The predicted octanol–water partition coefficient (Wildman–Crippen LogP) is 3.90. The fourth-order valence-corrected chi connectivity index (χ4v) is 4.45. The van der Waals surface area contributed by atoms with E-state index in [9.17, 15) is 22.8 Å². The van der Waals surface area contributed by atoms with Crippen LogP contribution in [0.4, 0.5) is 13.2 Å². The Morgan fingerprint density at radius 2 is 1.93 bits per heavy atom. The van der Waals surface area contributed by atoms with Gasteiger partial charge in [0.2, 0.25) is 11.8 Å². The number of likely N-dealkylation sites (tertiary alicyclic amines) is 1. The maximum atomic E-state index is 12.8. The molecule has 9 heteroatoms. The molecule has 1 atom stereocenters. The predicted molar refractivity (Wildman–Crippen MR) is 99.3 cm³/mol. The monoisotopic (exact) mass is 418 g/mol. The Kier molecular flexibility index (Phi) is 6.05. The average Bonchev–Trinajstić information content (AvgIpc) is 3.30. The minimum absolute atomic E-state index is 0.0589. The first-order valence-electron chi connectivity index (χ1n) is 8.49. The zero-order valence-electron chi connectivity index (χ0n) is 14.3. The van der Waals surface area contributed by atoms with Crippen LogP contribution in [0.25, 0.3) is 6.08 Å². The van der Waals surface area contributed by atoms with E-state index >= 15 is 0 Å². The molecule has 0 N–H and O–H groups in total. The molecule has 2 saturated heterocycles. The largest absolute Gasteiger partial charge is 0.416 e. The fraction of sp³-hybridized carbons (Fsp3) is 0.444. The first-order valence-corrected chi connectivity index (χ1v) is 10.0. The molecule has 0 bridgehead atoms.